The van der Waals surface area contributed by atoms with Crippen molar-refractivity contribution < 1.29 is 15.0 Å². The Kier molecular flexibility index (Phi) is 10.2. The van der Waals surface area contributed by atoms with Gasteiger partial charge in [-0.15, -0.1) is 11.3 Å². The normalized spacial score (nSPS) is 17.1. The van der Waals surface area contributed by atoms with E-state index in [4.69, 9.17) is 11.6 Å². The summed E-state index contributed by atoms with van der Waals surface area (Å²) in [5.74, 6) is 0.746. The lowest BCUT2D eigenvalue weighted by molar-refractivity contribution is 0.104. The number of carbonyl (C=O) groups is 1. The van der Waals surface area contributed by atoms with E-state index in [1.54, 1.807) is 6.20 Å². The Hall–Kier alpha value is -2.32. The van der Waals surface area contributed by atoms with Gasteiger partial charge in [-0.3, -0.25) is 4.79 Å². The number of nitrogens with one attached hydrogen (secondary N) is 1. The molecule has 1 aromatic carbocycles. The molecule has 1 aliphatic rings. The molecule has 3 N–H and O–H groups in total. The number of thiophene rings is 1. The van der Waals surface area contributed by atoms with Gasteiger partial charge in [-0.25, -0.2) is 9.97 Å². The van der Waals surface area contributed by atoms with Gasteiger partial charge in [-0.05, 0) is 79.8 Å². The van der Waals surface area contributed by atoms with Crippen LogP contribution in [0.4, 0.5) is 5.82 Å². The van der Waals surface area contributed by atoms with E-state index in [0.717, 1.165) is 40.8 Å². The fourth-order valence-electron chi connectivity index (χ4n) is 4.44. The number of anilines is 1. The van der Waals surface area contributed by atoms with Gasteiger partial charge < -0.3 is 15.5 Å². The lowest BCUT2D eigenvalue weighted by Crippen LogP contribution is -2.19. The zero-order valence-corrected chi connectivity index (χ0v) is 22.1. The SMILES string of the molecule is CC.Cc1sc(C(=O)c2cncnc2NC2CCC(CO)C2)cc1Cc1cc(Cl)ccc1CCO. The highest BCUT2D eigenvalue weighted by molar-refractivity contribution is 7.14. The van der Waals surface area contributed by atoms with Gasteiger partial charge in [0.1, 0.15) is 12.1 Å². The van der Waals surface area contributed by atoms with Crippen molar-refractivity contribution in [3.63, 3.8) is 0 Å². The van der Waals surface area contributed by atoms with E-state index >= 15 is 0 Å². The third-order valence-corrected chi connectivity index (χ3v) is 7.60. The predicted octanol–water partition coefficient (Wildman–Crippen LogP) is 5.46. The van der Waals surface area contributed by atoms with Gasteiger partial charge in [0, 0.05) is 35.4 Å². The quantitative estimate of drug-likeness (QED) is 0.328. The topological polar surface area (TPSA) is 95.3 Å². The molecule has 0 bridgehead atoms. The molecule has 1 fully saturated rings. The van der Waals surface area contributed by atoms with Crippen LogP contribution in [0.2, 0.25) is 5.02 Å². The van der Waals surface area contributed by atoms with Crippen molar-refractivity contribution in [3.05, 3.63) is 73.8 Å². The zero-order chi connectivity index (χ0) is 25.4. The standard InChI is InChI=1S/C25H28ClN3O3S.C2H6/c1-15-18(9-19-10-20(26)4-3-17(19)6-7-30)11-23(33-15)24(32)22-12-27-14-28-25(22)29-21-5-2-16(8-21)13-31;1-2/h3-4,10-12,14,16,21,30-31H,2,5-9,13H2,1H3,(H,27,28,29);1-2H3. The van der Waals surface area contributed by atoms with Crippen molar-refractivity contribution in [2.24, 2.45) is 5.92 Å². The fraction of sp³-hybridized carbons (Fsp3) is 0.444. The highest BCUT2D eigenvalue weighted by Crippen LogP contribution is 2.31. The maximum Gasteiger partial charge on any atom is 0.208 e. The number of ketones is 1. The van der Waals surface area contributed by atoms with E-state index in [0.29, 0.717) is 40.0 Å². The van der Waals surface area contributed by atoms with Crippen molar-refractivity contribution in [2.75, 3.05) is 18.5 Å². The number of hydrogen-bond acceptors (Lipinski definition) is 7. The molecule has 0 spiro atoms. The van der Waals surface area contributed by atoms with Crippen LogP contribution >= 0.6 is 22.9 Å². The molecule has 6 nitrogen and oxygen atoms in total. The summed E-state index contributed by atoms with van der Waals surface area (Å²) in [5, 5.41) is 22.9. The van der Waals surface area contributed by atoms with E-state index in [1.165, 1.54) is 17.7 Å². The minimum Gasteiger partial charge on any atom is -0.396 e. The molecule has 3 aromatic rings. The van der Waals surface area contributed by atoms with Gasteiger partial charge in [-0.2, -0.15) is 0 Å². The van der Waals surface area contributed by atoms with Crippen LogP contribution in [-0.4, -0.2) is 45.2 Å². The van der Waals surface area contributed by atoms with Crippen LogP contribution in [0.15, 0.2) is 36.8 Å². The number of aryl methyl sites for hydroxylation is 1. The van der Waals surface area contributed by atoms with Crippen LogP contribution in [0.25, 0.3) is 0 Å². The van der Waals surface area contributed by atoms with Gasteiger partial charge >= 0.3 is 0 Å². The number of carbonyl (C=O) groups excluding carboxylic acids is 1. The van der Waals surface area contributed by atoms with E-state index < -0.39 is 0 Å². The second-order valence-electron chi connectivity index (χ2n) is 8.57. The number of aliphatic hydroxyl groups excluding tert-OH is 2. The number of benzene rings is 1. The van der Waals surface area contributed by atoms with Crippen molar-refractivity contribution in [3.8, 4) is 0 Å². The minimum absolute atomic E-state index is 0.0742. The number of aromatic nitrogens is 2. The Morgan fingerprint density at radius 3 is 2.69 bits per heavy atom. The number of halogens is 1. The molecule has 2 atom stereocenters. The van der Waals surface area contributed by atoms with Gasteiger partial charge in [0.2, 0.25) is 5.78 Å². The summed E-state index contributed by atoms with van der Waals surface area (Å²) < 4.78 is 0. The van der Waals surface area contributed by atoms with Crippen molar-refractivity contribution >= 4 is 34.5 Å². The molecule has 2 aromatic heterocycles. The summed E-state index contributed by atoms with van der Waals surface area (Å²) in [4.78, 5) is 23.5. The Balaban J connectivity index is 0.00000167. The van der Waals surface area contributed by atoms with Crippen LogP contribution in [0.5, 0.6) is 0 Å². The fourth-order valence-corrected chi connectivity index (χ4v) is 5.64. The Morgan fingerprint density at radius 1 is 1.17 bits per heavy atom. The Labute approximate surface area is 216 Å². The molecule has 1 saturated carbocycles. The van der Waals surface area contributed by atoms with Crippen LogP contribution in [-0.2, 0) is 12.8 Å². The molecule has 1 aliphatic carbocycles. The Bertz CT molecular complexity index is 1130. The van der Waals surface area contributed by atoms with Crippen LogP contribution in [0, 0.1) is 12.8 Å². The molecule has 8 heteroatoms. The highest BCUT2D eigenvalue weighted by Gasteiger charge is 2.26. The molecule has 0 aliphatic heterocycles. The molecule has 0 amide bonds. The first-order chi connectivity index (χ1) is 17.0. The first-order valence-electron chi connectivity index (χ1n) is 12.2. The lowest BCUT2D eigenvalue weighted by Gasteiger charge is -2.15. The summed E-state index contributed by atoms with van der Waals surface area (Å²) in [5.41, 5.74) is 3.64. The van der Waals surface area contributed by atoms with Crippen molar-refractivity contribution in [2.45, 2.75) is 58.9 Å². The minimum atomic E-state index is -0.101. The maximum atomic E-state index is 13.4. The molecule has 2 heterocycles. The monoisotopic (exact) mass is 515 g/mol. The van der Waals surface area contributed by atoms with Crippen molar-refractivity contribution in [1.82, 2.24) is 9.97 Å². The average Bonchev–Trinajstić information content (AvgIpc) is 3.48. The average molecular weight is 516 g/mol. The van der Waals surface area contributed by atoms with E-state index in [1.807, 2.05) is 45.0 Å². The second kappa shape index (κ2) is 13.1. The van der Waals surface area contributed by atoms with Crippen molar-refractivity contribution in [1.29, 1.82) is 0 Å². The first-order valence-corrected chi connectivity index (χ1v) is 13.4. The molecular weight excluding hydrogens is 482 g/mol. The molecule has 0 saturated heterocycles. The van der Waals surface area contributed by atoms with E-state index in [9.17, 15) is 15.0 Å². The third kappa shape index (κ3) is 6.88. The predicted molar refractivity (Wildman–Crippen MR) is 143 cm³/mol. The smallest absolute Gasteiger partial charge is 0.208 e. The number of rotatable bonds is 9. The summed E-state index contributed by atoms with van der Waals surface area (Å²) >= 11 is 7.68. The van der Waals surface area contributed by atoms with Crippen LogP contribution in [0.1, 0.15) is 69.9 Å². The maximum absolute atomic E-state index is 13.4. The van der Waals surface area contributed by atoms with Gasteiger partial charge in [0.05, 0.1) is 10.4 Å². The zero-order valence-electron chi connectivity index (χ0n) is 20.6. The first kappa shape index (κ1) is 27.3. The van der Waals surface area contributed by atoms with E-state index in [-0.39, 0.29) is 25.0 Å². The second-order valence-corrected chi connectivity index (χ2v) is 10.3. The largest absolute Gasteiger partial charge is 0.396 e. The van der Waals surface area contributed by atoms with Crippen LogP contribution < -0.4 is 5.32 Å². The van der Waals surface area contributed by atoms with Gasteiger partial charge in [0.15, 0.2) is 0 Å². The molecule has 2 unspecified atom stereocenters. The number of aliphatic hydroxyl groups is 2. The summed E-state index contributed by atoms with van der Waals surface area (Å²) in [6.07, 6.45) is 7.01. The van der Waals surface area contributed by atoms with Gasteiger partial charge in [-0.1, -0.05) is 31.5 Å². The van der Waals surface area contributed by atoms with Crippen LogP contribution in [0.3, 0.4) is 0 Å². The molecule has 188 valence electrons. The van der Waals surface area contributed by atoms with E-state index in [2.05, 4.69) is 15.3 Å². The van der Waals surface area contributed by atoms with Gasteiger partial charge in [0.25, 0.3) is 0 Å². The summed E-state index contributed by atoms with van der Waals surface area (Å²) in [6.45, 7) is 6.28. The summed E-state index contributed by atoms with van der Waals surface area (Å²) in [7, 11) is 0. The Morgan fingerprint density at radius 2 is 1.97 bits per heavy atom. The molecule has 0 radical (unpaired) electrons. The molecule has 4 rings (SSSR count). The highest BCUT2D eigenvalue weighted by atomic mass is 35.5. The number of hydrogen-bond donors (Lipinski definition) is 3. The lowest BCUT2D eigenvalue weighted by atomic mass is 9.98. The molecular formula is C27H34ClN3O3S. The molecule has 35 heavy (non-hydrogen) atoms. The summed E-state index contributed by atoms with van der Waals surface area (Å²) in [6, 6.07) is 7.85. The number of nitrogens with zero attached hydrogens (tertiary/aromatic N) is 2. The third-order valence-electron chi connectivity index (χ3n) is 6.27.